The molecule has 2 aromatic carbocycles. The Bertz CT molecular complexity index is 664. The van der Waals surface area contributed by atoms with Crippen molar-refractivity contribution >= 4 is 23.2 Å². The smallest absolute Gasteiger partial charge is 0.244 e. The summed E-state index contributed by atoms with van der Waals surface area (Å²) in [5.74, 6) is -0.692. The van der Waals surface area contributed by atoms with Gasteiger partial charge < -0.3 is 15.8 Å². The van der Waals surface area contributed by atoms with Crippen molar-refractivity contribution in [3.8, 4) is 5.75 Å². The Labute approximate surface area is 126 Å². The van der Waals surface area contributed by atoms with E-state index in [4.69, 9.17) is 22.1 Å². The van der Waals surface area contributed by atoms with Gasteiger partial charge in [0.25, 0.3) is 0 Å². The molecule has 0 saturated heterocycles. The minimum absolute atomic E-state index is 0.0146. The van der Waals surface area contributed by atoms with Crippen LogP contribution in [0.5, 0.6) is 5.75 Å². The molecule has 0 heterocycles. The summed E-state index contributed by atoms with van der Waals surface area (Å²) < 4.78 is 18.7. The molecule has 0 radical (unpaired) electrons. The zero-order valence-corrected chi connectivity index (χ0v) is 12.0. The lowest BCUT2D eigenvalue weighted by atomic mass is 10.1. The number of carbonyl (C=O) groups excluding carboxylic acids is 1. The third kappa shape index (κ3) is 3.44. The van der Waals surface area contributed by atoms with E-state index in [0.717, 1.165) is 0 Å². The number of methoxy groups -OCH3 is 1. The highest BCUT2D eigenvalue weighted by Crippen LogP contribution is 2.29. The third-order valence-corrected chi connectivity index (χ3v) is 3.27. The van der Waals surface area contributed by atoms with Crippen LogP contribution in [0.4, 0.5) is 10.1 Å². The molecule has 1 unspecified atom stereocenters. The average molecular weight is 309 g/mol. The van der Waals surface area contributed by atoms with Crippen molar-refractivity contribution in [1.82, 2.24) is 0 Å². The number of rotatable bonds is 5. The molecule has 110 valence electrons. The standard InChI is InChI=1S/C15H14ClFN2O2/c1-21-13-5-3-2-4-12(13)19-14(15(18)20)9-6-7-10(16)11(17)8-9/h2-8,14,19H,1H3,(H2,18,20). The Balaban J connectivity index is 2.35. The molecule has 2 aromatic rings. The quantitative estimate of drug-likeness (QED) is 0.892. The van der Waals surface area contributed by atoms with E-state index in [2.05, 4.69) is 5.32 Å². The summed E-state index contributed by atoms with van der Waals surface area (Å²) in [5.41, 5.74) is 6.37. The van der Waals surface area contributed by atoms with E-state index >= 15 is 0 Å². The molecule has 0 aliphatic carbocycles. The molecule has 2 rings (SSSR count). The Hall–Kier alpha value is -2.27. The molecule has 6 heteroatoms. The first kappa shape index (κ1) is 15.1. The topological polar surface area (TPSA) is 64.3 Å². The number of carbonyl (C=O) groups is 1. The minimum Gasteiger partial charge on any atom is -0.495 e. The van der Waals surface area contributed by atoms with Gasteiger partial charge in [-0.25, -0.2) is 4.39 Å². The molecule has 21 heavy (non-hydrogen) atoms. The summed E-state index contributed by atoms with van der Waals surface area (Å²) in [7, 11) is 1.52. The number of hydrogen-bond acceptors (Lipinski definition) is 3. The molecule has 1 amide bonds. The molecule has 3 N–H and O–H groups in total. The molecule has 1 atom stereocenters. The van der Waals surface area contributed by atoms with E-state index in [1.807, 2.05) is 0 Å². The lowest BCUT2D eigenvalue weighted by Gasteiger charge is -2.19. The van der Waals surface area contributed by atoms with Gasteiger partial charge in [-0.1, -0.05) is 29.8 Å². The fourth-order valence-electron chi connectivity index (χ4n) is 1.93. The van der Waals surface area contributed by atoms with Crippen molar-refractivity contribution in [2.24, 2.45) is 5.73 Å². The number of anilines is 1. The van der Waals surface area contributed by atoms with Gasteiger partial charge in [0.2, 0.25) is 5.91 Å². The molecular formula is C15H14ClFN2O2. The first-order chi connectivity index (χ1) is 10.0. The van der Waals surface area contributed by atoms with Gasteiger partial charge in [-0.15, -0.1) is 0 Å². The summed E-state index contributed by atoms with van der Waals surface area (Å²) in [5, 5.41) is 2.94. The Morgan fingerprint density at radius 2 is 2.05 bits per heavy atom. The van der Waals surface area contributed by atoms with Crippen LogP contribution in [-0.2, 0) is 4.79 Å². The molecule has 0 fully saturated rings. The maximum Gasteiger partial charge on any atom is 0.244 e. The summed E-state index contributed by atoms with van der Waals surface area (Å²) in [4.78, 5) is 11.7. The predicted octanol–water partition coefficient (Wildman–Crippen LogP) is 3.13. The van der Waals surface area contributed by atoms with Crippen molar-refractivity contribution in [1.29, 1.82) is 0 Å². The van der Waals surface area contributed by atoms with Gasteiger partial charge in [0.05, 0.1) is 17.8 Å². The second-order valence-electron chi connectivity index (χ2n) is 4.35. The number of nitrogens with two attached hydrogens (primary N) is 1. The fraction of sp³-hybridized carbons (Fsp3) is 0.133. The second-order valence-corrected chi connectivity index (χ2v) is 4.76. The summed E-state index contributed by atoms with van der Waals surface area (Å²) in [6, 6.07) is 10.3. The van der Waals surface area contributed by atoms with Crippen LogP contribution in [0.1, 0.15) is 11.6 Å². The number of halogens is 2. The predicted molar refractivity (Wildman–Crippen MR) is 80.0 cm³/mol. The van der Waals surface area contributed by atoms with E-state index in [9.17, 15) is 9.18 Å². The van der Waals surface area contributed by atoms with Gasteiger partial charge in [-0.05, 0) is 29.8 Å². The first-order valence-corrected chi connectivity index (χ1v) is 6.54. The van der Waals surface area contributed by atoms with Crippen LogP contribution in [-0.4, -0.2) is 13.0 Å². The number of amides is 1. The Morgan fingerprint density at radius 1 is 1.33 bits per heavy atom. The Kier molecular flexibility index (Phi) is 4.65. The van der Waals surface area contributed by atoms with Crippen LogP contribution >= 0.6 is 11.6 Å². The molecule has 0 bridgehead atoms. The zero-order valence-electron chi connectivity index (χ0n) is 11.3. The maximum atomic E-state index is 13.6. The van der Waals surface area contributed by atoms with E-state index in [1.54, 1.807) is 30.3 Å². The molecule has 4 nitrogen and oxygen atoms in total. The summed E-state index contributed by atoms with van der Waals surface area (Å²) in [6.07, 6.45) is 0. The van der Waals surface area contributed by atoms with E-state index < -0.39 is 17.8 Å². The normalized spacial score (nSPS) is 11.8. The lowest BCUT2D eigenvalue weighted by Crippen LogP contribution is -2.28. The molecule has 0 aliphatic rings. The maximum absolute atomic E-state index is 13.6. The molecule has 0 spiro atoms. The zero-order chi connectivity index (χ0) is 15.4. The number of ether oxygens (including phenoxy) is 1. The van der Waals surface area contributed by atoms with Crippen LogP contribution in [0.2, 0.25) is 5.02 Å². The number of para-hydroxylation sites is 2. The first-order valence-electron chi connectivity index (χ1n) is 6.16. The van der Waals surface area contributed by atoms with Crippen molar-refractivity contribution < 1.29 is 13.9 Å². The highest BCUT2D eigenvalue weighted by Gasteiger charge is 2.20. The SMILES string of the molecule is COc1ccccc1NC(C(N)=O)c1ccc(Cl)c(F)c1. The van der Waals surface area contributed by atoms with Crippen molar-refractivity contribution in [3.63, 3.8) is 0 Å². The highest BCUT2D eigenvalue weighted by molar-refractivity contribution is 6.30. The van der Waals surface area contributed by atoms with Crippen LogP contribution in [0.3, 0.4) is 0 Å². The number of hydrogen-bond donors (Lipinski definition) is 2. The van der Waals surface area contributed by atoms with Crippen LogP contribution in [0, 0.1) is 5.82 Å². The summed E-state index contributed by atoms with van der Waals surface area (Å²) in [6.45, 7) is 0. The lowest BCUT2D eigenvalue weighted by molar-refractivity contribution is -0.118. The second kappa shape index (κ2) is 6.45. The van der Waals surface area contributed by atoms with Gasteiger partial charge in [0.1, 0.15) is 17.6 Å². The molecular weight excluding hydrogens is 295 g/mol. The van der Waals surface area contributed by atoms with E-state index in [0.29, 0.717) is 17.0 Å². The van der Waals surface area contributed by atoms with Gasteiger partial charge in [0, 0.05) is 0 Å². The molecule has 0 saturated carbocycles. The number of nitrogens with one attached hydrogen (secondary N) is 1. The average Bonchev–Trinajstić information content (AvgIpc) is 2.48. The highest BCUT2D eigenvalue weighted by atomic mass is 35.5. The van der Waals surface area contributed by atoms with Gasteiger partial charge >= 0.3 is 0 Å². The monoisotopic (exact) mass is 308 g/mol. The van der Waals surface area contributed by atoms with Crippen LogP contribution in [0.15, 0.2) is 42.5 Å². The number of benzene rings is 2. The minimum atomic E-state index is -0.895. The van der Waals surface area contributed by atoms with Crippen molar-refractivity contribution in [2.45, 2.75) is 6.04 Å². The van der Waals surface area contributed by atoms with Gasteiger partial charge in [-0.2, -0.15) is 0 Å². The van der Waals surface area contributed by atoms with Crippen molar-refractivity contribution in [3.05, 3.63) is 58.9 Å². The van der Waals surface area contributed by atoms with E-state index in [-0.39, 0.29) is 5.02 Å². The molecule has 0 aromatic heterocycles. The van der Waals surface area contributed by atoms with E-state index in [1.165, 1.54) is 19.2 Å². The summed E-state index contributed by atoms with van der Waals surface area (Å²) >= 11 is 5.64. The largest absolute Gasteiger partial charge is 0.495 e. The molecule has 0 aliphatic heterocycles. The van der Waals surface area contributed by atoms with Crippen LogP contribution < -0.4 is 15.8 Å². The van der Waals surface area contributed by atoms with Crippen LogP contribution in [0.25, 0.3) is 0 Å². The third-order valence-electron chi connectivity index (χ3n) is 2.97. The fourth-order valence-corrected chi connectivity index (χ4v) is 2.05. The Morgan fingerprint density at radius 3 is 2.67 bits per heavy atom. The number of primary amides is 1. The van der Waals surface area contributed by atoms with Gasteiger partial charge in [-0.3, -0.25) is 4.79 Å². The van der Waals surface area contributed by atoms with Gasteiger partial charge in [0.15, 0.2) is 0 Å². The van der Waals surface area contributed by atoms with Crippen molar-refractivity contribution in [2.75, 3.05) is 12.4 Å².